The quantitative estimate of drug-likeness (QED) is 0.305. The summed E-state index contributed by atoms with van der Waals surface area (Å²) in [7, 11) is -3.78. The van der Waals surface area contributed by atoms with Crippen molar-refractivity contribution in [3.63, 3.8) is 0 Å². The summed E-state index contributed by atoms with van der Waals surface area (Å²) >= 11 is 0. The van der Waals surface area contributed by atoms with Gasteiger partial charge < -0.3 is 9.42 Å². The lowest BCUT2D eigenvalue weighted by Gasteiger charge is -2.33. The SMILES string of the molecule is Cc1nc(-c2ccc3ccc(CN4CCN(S(=O)(=O)c5ccc(-c6ccccc6)cc5)CC4=O)cc3c2)no1. The summed E-state index contributed by atoms with van der Waals surface area (Å²) in [5.74, 6) is 0.812. The van der Waals surface area contributed by atoms with E-state index >= 15 is 0 Å². The van der Waals surface area contributed by atoms with Crippen molar-refractivity contribution in [2.75, 3.05) is 19.6 Å². The Balaban J connectivity index is 1.15. The van der Waals surface area contributed by atoms with E-state index in [0.29, 0.717) is 24.8 Å². The van der Waals surface area contributed by atoms with E-state index in [2.05, 4.69) is 10.1 Å². The lowest BCUT2D eigenvalue weighted by molar-refractivity contribution is -0.134. The van der Waals surface area contributed by atoms with Crippen LogP contribution in [0.2, 0.25) is 0 Å². The predicted octanol–water partition coefficient (Wildman–Crippen LogP) is 4.90. The largest absolute Gasteiger partial charge is 0.339 e. The van der Waals surface area contributed by atoms with E-state index in [9.17, 15) is 13.2 Å². The number of benzene rings is 4. The van der Waals surface area contributed by atoms with Gasteiger partial charge in [0.15, 0.2) is 0 Å². The third-order valence-corrected chi connectivity index (χ3v) is 8.81. The van der Waals surface area contributed by atoms with Crippen LogP contribution in [0.5, 0.6) is 0 Å². The van der Waals surface area contributed by atoms with Gasteiger partial charge in [-0.25, -0.2) is 8.42 Å². The minimum absolute atomic E-state index is 0.183. The molecule has 2 heterocycles. The molecule has 0 atom stereocenters. The van der Waals surface area contributed by atoms with Crippen molar-refractivity contribution < 1.29 is 17.7 Å². The van der Waals surface area contributed by atoms with E-state index in [1.54, 1.807) is 36.1 Å². The van der Waals surface area contributed by atoms with Crippen LogP contribution in [-0.2, 0) is 21.4 Å². The van der Waals surface area contributed by atoms with Crippen LogP contribution in [0.15, 0.2) is 100 Å². The highest BCUT2D eigenvalue weighted by Gasteiger charge is 2.32. The summed E-state index contributed by atoms with van der Waals surface area (Å²) in [5.41, 5.74) is 3.76. The molecule has 196 valence electrons. The normalized spacial score (nSPS) is 14.7. The molecule has 0 saturated carbocycles. The molecular weight excluding hydrogens is 512 g/mol. The topological polar surface area (TPSA) is 96.6 Å². The smallest absolute Gasteiger partial charge is 0.243 e. The number of fused-ring (bicyclic) bond motifs is 1. The van der Waals surface area contributed by atoms with Gasteiger partial charge in [0.1, 0.15) is 0 Å². The van der Waals surface area contributed by atoms with Gasteiger partial charge in [-0.15, -0.1) is 0 Å². The van der Waals surface area contributed by atoms with Gasteiger partial charge in [0, 0.05) is 32.1 Å². The van der Waals surface area contributed by atoms with Crippen LogP contribution in [0, 0.1) is 6.92 Å². The molecule has 0 aliphatic carbocycles. The van der Waals surface area contributed by atoms with E-state index in [0.717, 1.165) is 33.0 Å². The number of hydrogen-bond donors (Lipinski definition) is 0. The number of aryl methyl sites for hydroxylation is 1. The lowest BCUT2D eigenvalue weighted by atomic mass is 10.0. The van der Waals surface area contributed by atoms with Gasteiger partial charge in [-0.1, -0.05) is 71.9 Å². The average molecular weight is 539 g/mol. The van der Waals surface area contributed by atoms with Crippen molar-refractivity contribution >= 4 is 26.7 Å². The van der Waals surface area contributed by atoms with Crippen LogP contribution in [0.4, 0.5) is 0 Å². The predicted molar refractivity (Wildman–Crippen MR) is 148 cm³/mol. The third-order valence-electron chi connectivity index (χ3n) is 6.95. The fourth-order valence-electron chi connectivity index (χ4n) is 4.83. The van der Waals surface area contributed by atoms with E-state index in [1.807, 2.05) is 66.7 Å². The molecule has 1 aliphatic heterocycles. The molecule has 4 aromatic carbocycles. The van der Waals surface area contributed by atoms with Crippen molar-refractivity contribution in [2.24, 2.45) is 0 Å². The highest BCUT2D eigenvalue weighted by atomic mass is 32.2. The Morgan fingerprint density at radius 1 is 0.821 bits per heavy atom. The van der Waals surface area contributed by atoms with Crippen LogP contribution >= 0.6 is 0 Å². The molecule has 0 spiro atoms. The Labute approximate surface area is 226 Å². The highest BCUT2D eigenvalue weighted by molar-refractivity contribution is 7.89. The maximum absolute atomic E-state index is 13.3. The van der Waals surface area contributed by atoms with Crippen LogP contribution in [0.3, 0.4) is 0 Å². The molecule has 39 heavy (non-hydrogen) atoms. The van der Waals surface area contributed by atoms with Gasteiger partial charge in [-0.3, -0.25) is 4.79 Å². The zero-order chi connectivity index (χ0) is 27.0. The lowest BCUT2D eigenvalue weighted by Crippen LogP contribution is -2.51. The van der Waals surface area contributed by atoms with E-state index in [-0.39, 0.29) is 23.9 Å². The first-order valence-electron chi connectivity index (χ1n) is 12.6. The first-order chi connectivity index (χ1) is 18.9. The van der Waals surface area contributed by atoms with E-state index in [4.69, 9.17) is 4.52 Å². The molecule has 9 heteroatoms. The summed E-state index contributed by atoms with van der Waals surface area (Å²) in [4.78, 5) is 19.2. The Kier molecular flexibility index (Phi) is 6.46. The fourth-order valence-corrected chi connectivity index (χ4v) is 6.21. The Morgan fingerprint density at radius 2 is 1.54 bits per heavy atom. The monoisotopic (exact) mass is 538 g/mol. The Morgan fingerprint density at radius 3 is 2.26 bits per heavy atom. The number of hydrogen-bond acceptors (Lipinski definition) is 6. The van der Waals surface area contributed by atoms with Gasteiger partial charge in [0.2, 0.25) is 27.6 Å². The second kappa shape index (κ2) is 10.1. The molecule has 0 radical (unpaired) electrons. The molecule has 1 fully saturated rings. The standard InChI is InChI=1S/C30H26N4O4S/c1-21-31-30(32-38-21)26-10-9-25-8-7-22(17-27(25)18-26)19-33-15-16-34(20-29(33)35)39(36,37)28-13-11-24(12-14-28)23-5-3-2-4-6-23/h2-14,17-18H,15-16,19-20H2,1H3. The molecule has 0 unspecified atom stereocenters. The van der Waals surface area contributed by atoms with Crippen molar-refractivity contribution in [2.45, 2.75) is 18.4 Å². The molecule has 1 saturated heterocycles. The van der Waals surface area contributed by atoms with Crippen molar-refractivity contribution in [1.82, 2.24) is 19.3 Å². The average Bonchev–Trinajstić information content (AvgIpc) is 3.40. The first kappa shape index (κ1) is 25.0. The first-order valence-corrected chi connectivity index (χ1v) is 14.1. The van der Waals surface area contributed by atoms with Crippen LogP contribution in [-0.4, -0.2) is 53.3 Å². The number of amides is 1. The summed E-state index contributed by atoms with van der Waals surface area (Å²) in [6.45, 7) is 2.53. The zero-order valence-electron chi connectivity index (χ0n) is 21.3. The number of aromatic nitrogens is 2. The number of rotatable bonds is 6. The number of carbonyl (C=O) groups is 1. The number of sulfonamides is 1. The molecule has 0 N–H and O–H groups in total. The number of nitrogens with zero attached hydrogens (tertiary/aromatic N) is 4. The minimum atomic E-state index is -3.78. The molecule has 1 aliphatic rings. The van der Waals surface area contributed by atoms with Crippen LogP contribution in [0.1, 0.15) is 11.5 Å². The molecular formula is C30H26N4O4S. The van der Waals surface area contributed by atoms with Gasteiger partial charge in [-0.2, -0.15) is 9.29 Å². The molecule has 1 amide bonds. The van der Waals surface area contributed by atoms with E-state index < -0.39 is 10.0 Å². The Bertz CT molecular complexity index is 1770. The van der Waals surface area contributed by atoms with E-state index in [1.165, 1.54) is 4.31 Å². The second-order valence-electron chi connectivity index (χ2n) is 9.58. The molecule has 5 aromatic rings. The summed E-state index contributed by atoms with van der Waals surface area (Å²) < 4.78 is 32.9. The highest BCUT2D eigenvalue weighted by Crippen LogP contribution is 2.26. The van der Waals surface area contributed by atoms with Gasteiger partial charge in [-0.05, 0) is 51.7 Å². The summed E-state index contributed by atoms with van der Waals surface area (Å²) in [5, 5.41) is 6.05. The summed E-state index contributed by atoms with van der Waals surface area (Å²) in [6.07, 6.45) is 0. The van der Waals surface area contributed by atoms with Gasteiger partial charge in [0.05, 0.1) is 11.4 Å². The molecule has 1 aromatic heterocycles. The molecule has 6 rings (SSSR count). The van der Waals surface area contributed by atoms with Crippen LogP contribution in [0.25, 0.3) is 33.3 Å². The zero-order valence-corrected chi connectivity index (χ0v) is 22.1. The fraction of sp³-hybridized carbons (Fsp3) is 0.167. The van der Waals surface area contributed by atoms with Crippen molar-refractivity contribution in [1.29, 1.82) is 0 Å². The number of carbonyl (C=O) groups excluding carboxylic acids is 1. The minimum Gasteiger partial charge on any atom is -0.339 e. The van der Waals surface area contributed by atoms with Crippen molar-refractivity contribution in [3.8, 4) is 22.5 Å². The van der Waals surface area contributed by atoms with Crippen LogP contribution < -0.4 is 0 Å². The third kappa shape index (κ3) is 5.06. The second-order valence-corrected chi connectivity index (χ2v) is 11.5. The van der Waals surface area contributed by atoms with Gasteiger partial charge in [0.25, 0.3) is 0 Å². The number of piperazine rings is 1. The summed E-state index contributed by atoms with van der Waals surface area (Å²) in [6, 6.07) is 28.6. The maximum Gasteiger partial charge on any atom is 0.243 e. The van der Waals surface area contributed by atoms with Crippen molar-refractivity contribution in [3.05, 3.63) is 102 Å². The maximum atomic E-state index is 13.3. The Hall–Kier alpha value is -4.34. The van der Waals surface area contributed by atoms with Gasteiger partial charge >= 0.3 is 0 Å². The molecule has 0 bridgehead atoms. The molecule has 8 nitrogen and oxygen atoms in total.